The Kier molecular flexibility index (Phi) is 3.35. The van der Waals surface area contributed by atoms with Crippen molar-refractivity contribution in [1.82, 2.24) is 9.97 Å². The molecule has 0 fully saturated rings. The predicted octanol–water partition coefficient (Wildman–Crippen LogP) is 5.32. The fourth-order valence-corrected chi connectivity index (χ4v) is 3.78. The quantitative estimate of drug-likeness (QED) is 0.519. The van der Waals surface area contributed by atoms with Crippen LogP contribution in [0.1, 0.15) is 11.1 Å². The summed E-state index contributed by atoms with van der Waals surface area (Å²) in [7, 11) is 0. The number of para-hydroxylation sites is 2. The van der Waals surface area contributed by atoms with E-state index >= 15 is 0 Å². The molecule has 0 amide bonds. The molecule has 0 radical (unpaired) electrons. The summed E-state index contributed by atoms with van der Waals surface area (Å²) in [4.78, 5) is 8.03. The van der Waals surface area contributed by atoms with Crippen molar-refractivity contribution in [3.8, 4) is 0 Å². The van der Waals surface area contributed by atoms with Gasteiger partial charge >= 0.3 is 0 Å². The molecule has 1 aromatic heterocycles. The Morgan fingerprint density at radius 1 is 0.955 bits per heavy atom. The standard InChI is InChI=1S/C19H16N2S/c1-13-10-11-14-6-2-3-7-15(14)16(13)12-22-19-20-17-8-4-5-9-18(17)21-19/h2-11H,12H2,1H3,(H,20,21). The van der Waals surface area contributed by atoms with E-state index in [1.54, 1.807) is 11.8 Å². The molecule has 1 N–H and O–H groups in total. The maximum absolute atomic E-state index is 4.64. The van der Waals surface area contributed by atoms with E-state index in [0.29, 0.717) is 0 Å². The largest absolute Gasteiger partial charge is 0.333 e. The molecule has 3 aromatic carbocycles. The van der Waals surface area contributed by atoms with Gasteiger partial charge in [0.25, 0.3) is 0 Å². The van der Waals surface area contributed by atoms with Crippen LogP contribution in [-0.4, -0.2) is 9.97 Å². The number of hydrogen-bond acceptors (Lipinski definition) is 2. The molecule has 4 rings (SSSR count). The highest BCUT2D eigenvalue weighted by Gasteiger charge is 2.08. The average molecular weight is 304 g/mol. The Morgan fingerprint density at radius 2 is 1.77 bits per heavy atom. The smallest absolute Gasteiger partial charge is 0.166 e. The molecular formula is C19H16N2S. The number of rotatable bonds is 3. The molecule has 3 heteroatoms. The van der Waals surface area contributed by atoms with Crippen LogP contribution in [0, 0.1) is 6.92 Å². The number of H-pyrrole nitrogens is 1. The minimum absolute atomic E-state index is 0.924. The lowest BCUT2D eigenvalue weighted by Crippen LogP contribution is -1.89. The van der Waals surface area contributed by atoms with E-state index in [9.17, 15) is 0 Å². The monoisotopic (exact) mass is 304 g/mol. The molecular weight excluding hydrogens is 288 g/mol. The van der Waals surface area contributed by atoms with Crippen molar-refractivity contribution < 1.29 is 0 Å². The third kappa shape index (κ3) is 2.38. The van der Waals surface area contributed by atoms with Crippen LogP contribution in [0.15, 0.2) is 65.8 Å². The van der Waals surface area contributed by atoms with E-state index in [0.717, 1.165) is 21.9 Å². The number of aryl methyl sites for hydroxylation is 1. The first-order valence-corrected chi connectivity index (χ1v) is 8.34. The summed E-state index contributed by atoms with van der Waals surface area (Å²) in [6, 6.07) is 21.1. The number of benzene rings is 3. The summed E-state index contributed by atoms with van der Waals surface area (Å²) in [5.74, 6) is 0.924. The van der Waals surface area contributed by atoms with E-state index in [4.69, 9.17) is 0 Å². The molecule has 0 saturated carbocycles. The van der Waals surface area contributed by atoms with E-state index in [1.165, 1.54) is 21.9 Å². The van der Waals surface area contributed by atoms with Gasteiger partial charge in [-0.2, -0.15) is 0 Å². The summed E-state index contributed by atoms with van der Waals surface area (Å²) >= 11 is 1.76. The minimum atomic E-state index is 0.924. The van der Waals surface area contributed by atoms with Crippen molar-refractivity contribution >= 4 is 33.6 Å². The zero-order valence-corrected chi connectivity index (χ0v) is 13.2. The van der Waals surface area contributed by atoms with Gasteiger partial charge in [0.1, 0.15) is 0 Å². The van der Waals surface area contributed by atoms with E-state index in [-0.39, 0.29) is 0 Å². The molecule has 0 aliphatic heterocycles. The number of fused-ring (bicyclic) bond motifs is 2. The normalized spacial score (nSPS) is 11.3. The Hall–Kier alpha value is -2.26. The van der Waals surface area contributed by atoms with Gasteiger partial charge in [0.2, 0.25) is 0 Å². The predicted molar refractivity (Wildman–Crippen MR) is 94.3 cm³/mol. The van der Waals surface area contributed by atoms with Gasteiger partial charge in [-0.1, -0.05) is 60.3 Å². The van der Waals surface area contributed by atoms with Crippen LogP contribution < -0.4 is 0 Å². The Labute approximate surface area is 133 Å². The second-order valence-electron chi connectivity index (χ2n) is 5.43. The Morgan fingerprint density at radius 3 is 2.68 bits per heavy atom. The molecule has 0 atom stereocenters. The van der Waals surface area contributed by atoms with Crippen molar-refractivity contribution in [2.45, 2.75) is 17.8 Å². The van der Waals surface area contributed by atoms with Gasteiger partial charge in [0.15, 0.2) is 5.16 Å². The molecule has 0 saturated heterocycles. The SMILES string of the molecule is Cc1ccc2ccccc2c1CSc1nc2ccccc2[nH]1. The molecule has 2 nitrogen and oxygen atoms in total. The number of thioether (sulfide) groups is 1. The van der Waals surface area contributed by atoms with Crippen LogP contribution in [0.2, 0.25) is 0 Å². The van der Waals surface area contributed by atoms with Gasteiger partial charge in [0.05, 0.1) is 11.0 Å². The fourth-order valence-electron chi connectivity index (χ4n) is 2.77. The summed E-state index contributed by atoms with van der Waals surface area (Å²) in [6.45, 7) is 2.18. The molecule has 108 valence electrons. The highest BCUT2D eigenvalue weighted by Crippen LogP contribution is 2.29. The van der Waals surface area contributed by atoms with Crippen LogP contribution in [0.3, 0.4) is 0 Å². The third-order valence-corrected chi connectivity index (χ3v) is 4.90. The average Bonchev–Trinajstić information content (AvgIpc) is 2.97. The van der Waals surface area contributed by atoms with Crippen LogP contribution in [0.25, 0.3) is 21.8 Å². The molecule has 0 unspecified atom stereocenters. The van der Waals surface area contributed by atoms with Crippen LogP contribution in [0.4, 0.5) is 0 Å². The maximum atomic E-state index is 4.64. The first-order chi connectivity index (χ1) is 10.8. The number of hydrogen-bond donors (Lipinski definition) is 1. The van der Waals surface area contributed by atoms with E-state index < -0.39 is 0 Å². The lowest BCUT2D eigenvalue weighted by atomic mass is 10.0. The van der Waals surface area contributed by atoms with Gasteiger partial charge in [-0.05, 0) is 41.0 Å². The molecule has 0 aliphatic carbocycles. The minimum Gasteiger partial charge on any atom is -0.333 e. The van der Waals surface area contributed by atoms with Crippen molar-refractivity contribution in [2.75, 3.05) is 0 Å². The van der Waals surface area contributed by atoms with Crippen molar-refractivity contribution in [1.29, 1.82) is 0 Å². The highest BCUT2D eigenvalue weighted by atomic mass is 32.2. The zero-order chi connectivity index (χ0) is 14.9. The Balaban J connectivity index is 1.67. The molecule has 4 aromatic rings. The highest BCUT2D eigenvalue weighted by molar-refractivity contribution is 7.98. The zero-order valence-electron chi connectivity index (χ0n) is 12.3. The Bertz CT molecular complexity index is 923. The second kappa shape index (κ2) is 5.50. The number of nitrogens with zero attached hydrogens (tertiary/aromatic N) is 1. The number of imidazole rings is 1. The van der Waals surface area contributed by atoms with Gasteiger partial charge in [-0.25, -0.2) is 4.98 Å². The summed E-state index contributed by atoms with van der Waals surface area (Å²) in [6.07, 6.45) is 0. The van der Waals surface area contributed by atoms with E-state index in [1.807, 2.05) is 18.2 Å². The molecule has 0 bridgehead atoms. The summed E-state index contributed by atoms with van der Waals surface area (Å²) in [5.41, 5.74) is 4.85. The van der Waals surface area contributed by atoms with Gasteiger partial charge in [0, 0.05) is 5.75 Å². The van der Waals surface area contributed by atoms with Crippen LogP contribution >= 0.6 is 11.8 Å². The molecule has 22 heavy (non-hydrogen) atoms. The van der Waals surface area contributed by atoms with Crippen LogP contribution in [-0.2, 0) is 5.75 Å². The molecule has 1 heterocycles. The van der Waals surface area contributed by atoms with E-state index in [2.05, 4.69) is 59.4 Å². The summed E-state index contributed by atoms with van der Waals surface area (Å²) < 4.78 is 0. The van der Waals surface area contributed by atoms with Crippen LogP contribution in [0.5, 0.6) is 0 Å². The topological polar surface area (TPSA) is 28.7 Å². The van der Waals surface area contributed by atoms with Crippen molar-refractivity contribution in [2.24, 2.45) is 0 Å². The first kappa shape index (κ1) is 13.4. The van der Waals surface area contributed by atoms with Crippen molar-refractivity contribution in [3.05, 3.63) is 71.8 Å². The number of aromatic nitrogens is 2. The second-order valence-corrected chi connectivity index (χ2v) is 6.39. The lowest BCUT2D eigenvalue weighted by Gasteiger charge is -2.09. The summed E-state index contributed by atoms with van der Waals surface area (Å²) in [5, 5.41) is 3.62. The van der Waals surface area contributed by atoms with Gasteiger partial charge < -0.3 is 4.98 Å². The third-order valence-electron chi connectivity index (χ3n) is 4.00. The number of nitrogens with one attached hydrogen (secondary N) is 1. The number of aromatic amines is 1. The van der Waals surface area contributed by atoms with Gasteiger partial charge in [-0.15, -0.1) is 0 Å². The molecule has 0 aliphatic rings. The van der Waals surface area contributed by atoms with Crippen molar-refractivity contribution in [3.63, 3.8) is 0 Å². The lowest BCUT2D eigenvalue weighted by molar-refractivity contribution is 1.08. The molecule has 0 spiro atoms. The fraction of sp³-hybridized carbons (Fsp3) is 0.105. The maximum Gasteiger partial charge on any atom is 0.166 e. The van der Waals surface area contributed by atoms with Gasteiger partial charge in [-0.3, -0.25) is 0 Å². The first-order valence-electron chi connectivity index (χ1n) is 7.36.